The van der Waals surface area contributed by atoms with E-state index in [2.05, 4.69) is 0 Å². The molecule has 2 rings (SSSR count). The Kier molecular flexibility index (Phi) is 4.34. The van der Waals surface area contributed by atoms with Crippen molar-refractivity contribution in [3.63, 3.8) is 0 Å². The van der Waals surface area contributed by atoms with Crippen molar-refractivity contribution in [2.45, 2.75) is 4.90 Å². The molecule has 0 saturated heterocycles. The number of aromatic carboxylic acids is 1. The highest BCUT2D eigenvalue weighted by Gasteiger charge is 2.21. The second kappa shape index (κ2) is 5.90. The first-order chi connectivity index (χ1) is 10.2. The number of hydrogen-bond acceptors (Lipinski definition) is 4. The Hall–Kier alpha value is -2.19. The third-order valence-electron chi connectivity index (χ3n) is 2.63. The van der Waals surface area contributed by atoms with Gasteiger partial charge in [-0.1, -0.05) is 11.6 Å². The van der Waals surface area contributed by atoms with E-state index < -0.39 is 38.1 Å². The van der Waals surface area contributed by atoms with E-state index in [1.165, 1.54) is 6.07 Å². The number of benzene rings is 2. The van der Waals surface area contributed by atoms with Crippen molar-refractivity contribution in [1.29, 1.82) is 0 Å². The molecule has 22 heavy (non-hydrogen) atoms. The molecule has 9 heteroatoms. The summed E-state index contributed by atoms with van der Waals surface area (Å²) in [6, 6.07) is 5.20. The molecular formula is C13H7ClF2NO4S-. The number of rotatable bonds is 4. The lowest BCUT2D eigenvalue weighted by atomic mass is 10.2. The van der Waals surface area contributed by atoms with E-state index in [-0.39, 0.29) is 10.7 Å². The zero-order valence-corrected chi connectivity index (χ0v) is 12.2. The first-order valence-electron chi connectivity index (χ1n) is 5.69. The van der Waals surface area contributed by atoms with Crippen LogP contribution in [-0.4, -0.2) is 14.4 Å². The summed E-state index contributed by atoms with van der Waals surface area (Å²) in [4.78, 5) is 10.2. The van der Waals surface area contributed by atoms with Crippen LogP contribution in [0.4, 0.5) is 14.5 Å². The van der Waals surface area contributed by atoms with Gasteiger partial charge < -0.3 is 9.90 Å². The van der Waals surface area contributed by atoms with Crippen molar-refractivity contribution in [1.82, 2.24) is 0 Å². The van der Waals surface area contributed by atoms with Gasteiger partial charge in [0.2, 0.25) is 0 Å². The van der Waals surface area contributed by atoms with Gasteiger partial charge in [-0.2, -0.15) is 0 Å². The van der Waals surface area contributed by atoms with Gasteiger partial charge in [0, 0.05) is 16.7 Å². The zero-order valence-electron chi connectivity index (χ0n) is 10.6. The van der Waals surface area contributed by atoms with Gasteiger partial charge in [-0.3, -0.25) is 4.72 Å². The quantitative estimate of drug-likeness (QED) is 0.914. The number of sulfonamides is 1. The van der Waals surface area contributed by atoms with E-state index in [0.29, 0.717) is 6.07 Å². The molecule has 1 N–H and O–H groups in total. The standard InChI is InChI=1S/C13H8ClF2NO4S/c14-7-1-3-11(9(5-7)13(18)19)17-22(20,21)12-4-2-8(15)6-10(12)16/h1-6,17H,(H,18,19)/p-1. The largest absolute Gasteiger partial charge is 0.545 e. The van der Waals surface area contributed by atoms with Crippen LogP contribution < -0.4 is 9.83 Å². The number of halogens is 3. The molecule has 0 aliphatic rings. The van der Waals surface area contributed by atoms with Crippen LogP contribution in [0.1, 0.15) is 10.4 Å². The smallest absolute Gasteiger partial charge is 0.264 e. The van der Waals surface area contributed by atoms with Crippen LogP contribution in [0.15, 0.2) is 41.3 Å². The highest BCUT2D eigenvalue weighted by Crippen LogP contribution is 2.24. The van der Waals surface area contributed by atoms with Gasteiger partial charge in [-0.15, -0.1) is 0 Å². The summed E-state index contributed by atoms with van der Waals surface area (Å²) in [5, 5.41) is 11.0. The fourth-order valence-corrected chi connectivity index (χ4v) is 2.98. The molecule has 2 aromatic rings. The molecule has 0 bridgehead atoms. The minimum Gasteiger partial charge on any atom is -0.545 e. The number of nitrogens with one attached hydrogen (secondary N) is 1. The molecule has 0 unspecified atom stereocenters. The number of carbonyl (C=O) groups is 1. The van der Waals surface area contributed by atoms with Gasteiger partial charge >= 0.3 is 0 Å². The lowest BCUT2D eigenvalue weighted by Crippen LogP contribution is -2.25. The maximum absolute atomic E-state index is 13.6. The molecular weight excluding hydrogens is 340 g/mol. The molecule has 0 aliphatic carbocycles. The Labute approximate surface area is 129 Å². The maximum Gasteiger partial charge on any atom is 0.264 e. The summed E-state index contributed by atoms with van der Waals surface area (Å²) < 4.78 is 52.4. The number of anilines is 1. The SMILES string of the molecule is O=C([O-])c1cc(Cl)ccc1NS(=O)(=O)c1ccc(F)cc1F. The average molecular weight is 347 g/mol. The first kappa shape index (κ1) is 16.2. The van der Waals surface area contributed by atoms with E-state index in [9.17, 15) is 27.1 Å². The maximum atomic E-state index is 13.6. The highest BCUT2D eigenvalue weighted by molar-refractivity contribution is 7.92. The van der Waals surface area contributed by atoms with Crippen LogP contribution >= 0.6 is 11.6 Å². The van der Waals surface area contributed by atoms with Crippen molar-refractivity contribution in [2.24, 2.45) is 0 Å². The van der Waals surface area contributed by atoms with Gasteiger partial charge in [0.15, 0.2) is 0 Å². The van der Waals surface area contributed by atoms with Gasteiger partial charge in [-0.05, 0) is 30.3 Å². The molecule has 0 amide bonds. The van der Waals surface area contributed by atoms with Gasteiger partial charge in [0.1, 0.15) is 16.5 Å². The molecule has 5 nitrogen and oxygen atoms in total. The van der Waals surface area contributed by atoms with E-state index >= 15 is 0 Å². The molecule has 116 valence electrons. The van der Waals surface area contributed by atoms with E-state index in [0.717, 1.165) is 24.3 Å². The van der Waals surface area contributed by atoms with Crippen molar-refractivity contribution in [3.8, 4) is 0 Å². The zero-order chi connectivity index (χ0) is 16.5. The third kappa shape index (κ3) is 3.34. The summed E-state index contributed by atoms with van der Waals surface area (Å²) >= 11 is 5.62. The van der Waals surface area contributed by atoms with Gasteiger partial charge in [0.25, 0.3) is 10.0 Å². The molecule has 2 aromatic carbocycles. The normalized spacial score (nSPS) is 11.2. The second-order valence-corrected chi connectivity index (χ2v) is 6.24. The molecule has 0 aliphatic heterocycles. The van der Waals surface area contributed by atoms with Crippen LogP contribution in [-0.2, 0) is 10.0 Å². The van der Waals surface area contributed by atoms with Crippen LogP contribution in [0, 0.1) is 11.6 Å². The highest BCUT2D eigenvalue weighted by atomic mass is 35.5. The predicted octanol–water partition coefficient (Wildman–Crippen LogP) is 1.78. The summed E-state index contributed by atoms with van der Waals surface area (Å²) in [5.41, 5.74) is -0.869. The van der Waals surface area contributed by atoms with Crippen molar-refractivity contribution in [3.05, 3.63) is 58.6 Å². The Morgan fingerprint density at radius 2 is 1.82 bits per heavy atom. The average Bonchev–Trinajstić information content (AvgIpc) is 2.39. The molecule has 0 heterocycles. The van der Waals surface area contributed by atoms with Gasteiger partial charge in [-0.25, -0.2) is 17.2 Å². The summed E-state index contributed by atoms with van der Waals surface area (Å²) in [7, 11) is -4.46. The number of carbonyl (C=O) groups excluding carboxylic acids is 1. The van der Waals surface area contributed by atoms with E-state index in [4.69, 9.17) is 11.6 Å². The molecule has 0 atom stereocenters. The lowest BCUT2D eigenvalue weighted by Gasteiger charge is -2.14. The topological polar surface area (TPSA) is 86.3 Å². The van der Waals surface area contributed by atoms with Crippen LogP contribution in [0.25, 0.3) is 0 Å². The summed E-state index contributed by atoms with van der Waals surface area (Å²) in [6.07, 6.45) is 0. The lowest BCUT2D eigenvalue weighted by molar-refractivity contribution is -0.254. The number of hydrogen-bond donors (Lipinski definition) is 1. The first-order valence-corrected chi connectivity index (χ1v) is 7.55. The molecule has 0 saturated carbocycles. The molecule has 0 spiro atoms. The number of carboxylic acid groups (broad SMARTS) is 1. The molecule has 0 radical (unpaired) electrons. The predicted molar refractivity (Wildman–Crippen MR) is 72.9 cm³/mol. The van der Waals surface area contributed by atoms with Gasteiger partial charge in [0.05, 0.1) is 11.7 Å². The van der Waals surface area contributed by atoms with Crippen molar-refractivity contribution in [2.75, 3.05) is 4.72 Å². The fourth-order valence-electron chi connectivity index (χ4n) is 1.67. The van der Waals surface area contributed by atoms with Crippen LogP contribution in [0.5, 0.6) is 0 Å². The Morgan fingerprint density at radius 1 is 1.14 bits per heavy atom. The molecule has 0 fully saturated rings. The van der Waals surface area contributed by atoms with Crippen molar-refractivity contribution >= 4 is 33.3 Å². The second-order valence-electron chi connectivity index (χ2n) is 4.16. The van der Waals surface area contributed by atoms with Crippen LogP contribution in [0.2, 0.25) is 5.02 Å². The molecule has 0 aromatic heterocycles. The Balaban J connectivity index is 2.47. The minimum absolute atomic E-state index is 0.0510. The Bertz CT molecular complexity index is 855. The van der Waals surface area contributed by atoms with E-state index in [1.54, 1.807) is 0 Å². The minimum atomic E-state index is -4.46. The summed E-state index contributed by atoms with van der Waals surface area (Å²) in [5.74, 6) is -3.92. The summed E-state index contributed by atoms with van der Waals surface area (Å²) in [6.45, 7) is 0. The fraction of sp³-hybridized carbons (Fsp3) is 0. The number of carboxylic acids is 1. The monoisotopic (exact) mass is 346 g/mol. The van der Waals surface area contributed by atoms with Crippen molar-refractivity contribution < 1.29 is 27.1 Å². The van der Waals surface area contributed by atoms with E-state index in [1.807, 2.05) is 4.72 Å². The third-order valence-corrected chi connectivity index (χ3v) is 4.26. The Morgan fingerprint density at radius 3 is 2.41 bits per heavy atom. The van der Waals surface area contributed by atoms with Crippen LogP contribution in [0.3, 0.4) is 0 Å².